The first-order chi connectivity index (χ1) is 7.25. The number of hydrogen-bond acceptors (Lipinski definition) is 3. The topological polar surface area (TPSA) is 54.9 Å². The van der Waals surface area contributed by atoms with Gasteiger partial charge in [-0.3, -0.25) is 9.78 Å². The number of carbonyl (C=O) groups is 1. The van der Waals surface area contributed by atoms with Crippen molar-refractivity contribution in [3.63, 3.8) is 0 Å². The second-order valence-corrected chi connectivity index (χ2v) is 3.74. The Morgan fingerprint density at radius 3 is 2.80 bits per heavy atom. The van der Waals surface area contributed by atoms with Crippen molar-refractivity contribution in [3.8, 4) is 0 Å². The van der Waals surface area contributed by atoms with Crippen molar-refractivity contribution in [2.75, 3.05) is 5.32 Å². The molecule has 0 unspecified atom stereocenters. The molecule has 1 aromatic heterocycles. The minimum Gasteiger partial charge on any atom is -0.309 e. The molecule has 1 heterocycles. The number of hydrogen-bond donors (Lipinski definition) is 1. The van der Waals surface area contributed by atoms with Crippen molar-refractivity contribution in [3.05, 3.63) is 29.7 Å². The van der Waals surface area contributed by atoms with Gasteiger partial charge in [-0.15, -0.1) is 0 Å². The molecule has 78 valence electrons. The average molecular weight is 224 g/mol. The Hall–Kier alpha value is -1.42. The van der Waals surface area contributed by atoms with Gasteiger partial charge in [0.2, 0.25) is 5.91 Å². The first-order valence-electron chi connectivity index (χ1n) is 4.69. The molecule has 0 aromatic carbocycles. The number of nitrogens with one attached hydrogen (secondary N) is 1. The lowest BCUT2D eigenvalue weighted by Gasteiger charge is -2.09. The van der Waals surface area contributed by atoms with Crippen molar-refractivity contribution < 1.29 is 4.79 Å². The van der Waals surface area contributed by atoms with Crippen molar-refractivity contribution in [2.45, 2.75) is 12.8 Å². The molecule has 2 rings (SSSR count). The molecule has 15 heavy (non-hydrogen) atoms. The average Bonchev–Trinajstić information content (AvgIpc) is 2.70. The Morgan fingerprint density at radius 2 is 2.13 bits per heavy atom. The Balaban J connectivity index is 1.99. The Labute approximate surface area is 92.4 Å². The van der Waals surface area contributed by atoms with E-state index in [1.54, 1.807) is 0 Å². The fourth-order valence-electron chi connectivity index (χ4n) is 1.46. The summed E-state index contributed by atoms with van der Waals surface area (Å²) in [5.41, 5.74) is 0. The maximum atomic E-state index is 11.7. The standard InChI is InChI=1S/C10H10ClN3O/c11-8-5-12-6-9(13-8)14-10(15)7-3-1-2-4-7/h1-2,5-7H,3-4H2,(H,13,14,15). The second-order valence-electron chi connectivity index (χ2n) is 3.36. The van der Waals surface area contributed by atoms with Crippen molar-refractivity contribution >= 4 is 23.3 Å². The summed E-state index contributed by atoms with van der Waals surface area (Å²) in [6.07, 6.45) is 8.50. The highest BCUT2D eigenvalue weighted by atomic mass is 35.5. The zero-order valence-corrected chi connectivity index (χ0v) is 8.74. The lowest BCUT2D eigenvalue weighted by atomic mass is 10.1. The van der Waals surface area contributed by atoms with Crippen LogP contribution in [0.3, 0.4) is 0 Å². The summed E-state index contributed by atoms with van der Waals surface area (Å²) >= 11 is 5.65. The van der Waals surface area contributed by atoms with Crippen LogP contribution in [0, 0.1) is 5.92 Å². The minimum absolute atomic E-state index is 0.0192. The number of aromatic nitrogens is 2. The van der Waals surface area contributed by atoms with E-state index in [2.05, 4.69) is 15.3 Å². The van der Waals surface area contributed by atoms with E-state index in [1.165, 1.54) is 12.4 Å². The molecule has 1 aliphatic rings. The SMILES string of the molecule is O=C(Nc1cncc(Cl)n1)C1CC=CC1. The van der Waals surface area contributed by atoms with E-state index < -0.39 is 0 Å². The zero-order valence-electron chi connectivity index (χ0n) is 7.98. The molecule has 0 fully saturated rings. The molecule has 0 spiro atoms. The van der Waals surface area contributed by atoms with Crippen LogP contribution in [-0.2, 0) is 4.79 Å². The van der Waals surface area contributed by atoms with Crippen molar-refractivity contribution in [1.29, 1.82) is 0 Å². The molecule has 1 aliphatic carbocycles. The third-order valence-electron chi connectivity index (χ3n) is 2.24. The zero-order chi connectivity index (χ0) is 10.7. The predicted molar refractivity (Wildman–Crippen MR) is 57.5 cm³/mol. The van der Waals surface area contributed by atoms with E-state index in [9.17, 15) is 4.79 Å². The molecule has 0 bridgehead atoms. The van der Waals surface area contributed by atoms with Crippen LogP contribution in [0.25, 0.3) is 0 Å². The number of carbonyl (C=O) groups excluding carboxylic acids is 1. The molecule has 0 saturated heterocycles. The van der Waals surface area contributed by atoms with Gasteiger partial charge in [0, 0.05) is 5.92 Å². The summed E-state index contributed by atoms with van der Waals surface area (Å²) in [7, 11) is 0. The third kappa shape index (κ3) is 2.53. The Kier molecular flexibility index (Phi) is 2.97. The summed E-state index contributed by atoms with van der Waals surface area (Å²) < 4.78 is 0. The molecule has 0 aliphatic heterocycles. The lowest BCUT2D eigenvalue weighted by Crippen LogP contribution is -2.21. The van der Waals surface area contributed by atoms with Crippen LogP contribution < -0.4 is 5.32 Å². The van der Waals surface area contributed by atoms with E-state index in [1.807, 2.05) is 12.2 Å². The number of rotatable bonds is 2. The second kappa shape index (κ2) is 4.40. The lowest BCUT2D eigenvalue weighted by molar-refractivity contribution is -0.119. The van der Waals surface area contributed by atoms with E-state index in [-0.39, 0.29) is 17.0 Å². The quantitative estimate of drug-likeness (QED) is 0.781. The predicted octanol–water partition coefficient (Wildman–Crippen LogP) is 2.03. The van der Waals surface area contributed by atoms with E-state index >= 15 is 0 Å². The van der Waals surface area contributed by atoms with Gasteiger partial charge in [0.15, 0.2) is 5.82 Å². The summed E-state index contributed by atoms with van der Waals surface area (Å²) in [4.78, 5) is 19.4. The monoisotopic (exact) mass is 223 g/mol. The first kappa shape index (κ1) is 10.1. The van der Waals surface area contributed by atoms with Crippen LogP contribution in [0.15, 0.2) is 24.5 Å². The van der Waals surface area contributed by atoms with Crippen LogP contribution in [0.1, 0.15) is 12.8 Å². The van der Waals surface area contributed by atoms with Gasteiger partial charge in [0.25, 0.3) is 0 Å². The minimum atomic E-state index is -0.0310. The van der Waals surface area contributed by atoms with E-state index in [0.29, 0.717) is 5.82 Å². The normalized spacial score (nSPS) is 15.5. The molecular weight excluding hydrogens is 214 g/mol. The highest BCUT2D eigenvalue weighted by Gasteiger charge is 2.19. The highest BCUT2D eigenvalue weighted by Crippen LogP contribution is 2.19. The smallest absolute Gasteiger partial charge is 0.229 e. The molecule has 5 heteroatoms. The van der Waals surface area contributed by atoms with Crippen LogP contribution in [0.4, 0.5) is 5.82 Å². The van der Waals surface area contributed by atoms with Crippen LogP contribution >= 0.6 is 11.6 Å². The van der Waals surface area contributed by atoms with Crippen molar-refractivity contribution in [1.82, 2.24) is 9.97 Å². The van der Waals surface area contributed by atoms with Gasteiger partial charge < -0.3 is 5.32 Å². The summed E-state index contributed by atoms with van der Waals surface area (Å²) in [5.74, 6) is 0.391. The molecule has 1 amide bonds. The van der Waals surface area contributed by atoms with Gasteiger partial charge in [-0.2, -0.15) is 0 Å². The van der Waals surface area contributed by atoms with Gasteiger partial charge in [0.1, 0.15) is 5.15 Å². The van der Waals surface area contributed by atoms with E-state index in [4.69, 9.17) is 11.6 Å². The third-order valence-corrected chi connectivity index (χ3v) is 2.42. The van der Waals surface area contributed by atoms with Gasteiger partial charge in [-0.05, 0) is 12.8 Å². The summed E-state index contributed by atoms with van der Waals surface area (Å²) in [6.45, 7) is 0. The molecule has 1 aromatic rings. The maximum absolute atomic E-state index is 11.7. The van der Waals surface area contributed by atoms with E-state index in [0.717, 1.165) is 12.8 Å². The molecule has 1 N–H and O–H groups in total. The van der Waals surface area contributed by atoms with Gasteiger partial charge in [-0.25, -0.2) is 4.98 Å². The summed E-state index contributed by atoms with van der Waals surface area (Å²) in [6, 6.07) is 0. The molecule has 0 saturated carbocycles. The Morgan fingerprint density at radius 1 is 1.40 bits per heavy atom. The first-order valence-corrected chi connectivity index (χ1v) is 5.07. The fourth-order valence-corrected chi connectivity index (χ4v) is 1.61. The number of allylic oxidation sites excluding steroid dienone is 2. The van der Waals surface area contributed by atoms with Gasteiger partial charge in [0.05, 0.1) is 12.4 Å². The molecule has 0 atom stereocenters. The fraction of sp³-hybridized carbons (Fsp3) is 0.300. The highest BCUT2D eigenvalue weighted by molar-refractivity contribution is 6.29. The summed E-state index contributed by atoms with van der Waals surface area (Å²) in [5, 5.41) is 2.96. The molecule has 4 nitrogen and oxygen atoms in total. The molecular formula is C10H10ClN3O. The molecule has 0 radical (unpaired) electrons. The van der Waals surface area contributed by atoms with Crippen LogP contribution in [0.2, 0.25) is 5.15 Å². The number of amides is 1. The number of halogens is 1. The van der Waals surface area contributed by atoms with Gasteiger partial charge in [-0.1, -0.05) is 23.8 Å². The number of anilines is 1. The maximum Gasteiger partial charge on any atom is 0.229 e. The largest absolute Gasteiger partial charge is 0.309 e. The van der Waals surface area contributed by atoms with Crippen LogP contribution in [0.5, 0.6) is 0 Å². The Bertz CT molecular complexity index is 397. The van der Waals surface area contributed by atoms with Crippen LogP contribution in [-0.4, -0.2) is 15.9 Å². The van der Waals surface area contributed by atoms with Crippen molar-refractivity contribution in [2.24, 2.45) is 5.92 Å². The van der Waals surface area contributed by atoms with Gasteiger partial charge >= 0.3 is 0 Å². The number of nitrogens with zero attached hydrogens (tertiary/aromatic N) is 2.